The summed E-state index contributed by atoms with van der Waals surface area (Å²) in [6.07, 6.45) is 0.990. The Balaban J connectivity index is 1.47. The molecule has 16 nitrogen and oxygen atoms in total. The largest absolute Gasteiger partial charge is 0.496 e. The van der Waals surface area contributed by atoms with Gasteiger partial charge in [-0.2, -0.15) is 5.26 Å². The van der Waals surface area contributed by atoms with Gasteiger partial charge in [0.15, 0.2) is 5.01 Å². The predicted molar refractivity (Wildman–Crippen MR) is 220 cm³/mol. The van der Waals surface area contributed by atoms with Crippen LogP contribution >= 0.6 is 11.3 Å². The zero-order valence-corrected chi connectivity index (χ0v) is 34.8. The lowest BCUT2D eigenvalue weighted by atomic mass is 10.0. The fourth-order valence-corrected chi connectivity index (χ4v) is 9.51. The fourth-order valence-electron chi connectivity index (χ4n) is 6.06. The minimum Gasteiger partial charge on any atom is -0.496 e. The number of hydrogen-bond donors (Lipinski definition) is 5. The molecule has 0 unspecified atom stereocenters. The second-order valence-corrected chi connectivity index (χ2v) is 17.5. The maximum Gasteiger partial charge on any atom is 0.264 e. The smallest absolute Gasteiger partial charge is 0.264 e. The number of carbonyl (C=O) groups is 3. The highest BCUT2D eigenvalue weighted by atomic mass is 32.2. The van der Waals surface area contributed by atoms with Gasteiger partial charge in [0.1, 0.15) is 17.8 Å². The third-order valence-electron chi connectivity index (χ3n) is 8.96. The minimum atomic E-state index is -4.13. The van der Waals surface area contributed by atoms with Crippen molar-refractivity contribution >= 4 is 54.9 Å². The molecule has 3 atom stereocenters. The molecule has 6 N–H and O–H groups in total. The second kappa shape index (κ2) is 20.7. The van der Waals surface area contributed by atoms with Gasteiger partial charge in [0, 0.05) is 18.1 Å². The summed E-state index contributed by atoms with van der Waals surface area (Å²) in [4.78, 5) is 49.2. The summed E-state index contributed by atoms with van der Waals surface area (Å²) in [5, 5.41) is 16.4. The number of aromatic nitrogens is 1. The van der Waals surface area contributed by atoms with Crippen molar-refractivity contribution < 1.29 is 36.0 Å². The van der Waals surface area contributed by atoms with Crippen LogP contribution in [0.5, 0.6) is 5.75 Å². The zero-order valence-electron chi connectivity index (χ0n) is 32.4. The molecule has 0 saturated heterocycles. The lowest BCUT2D eigenvalue weighted by molar-refractivity contribution is -0.130. The summed E-state index contributed by atoms with van der Waals surface area (Å²) in [6, 6.07) is 16.5. The number of methoxy groups -OCH3 is 1. The summed E-state index contributed by atoms with van der Waals surface area (Å²) in [6.45, 7) is 4.98. The first-order valence-corrected chi connectivity index (χ1v) is 22.0. The van der Waals surface area contributed by atoms with Crippen molar-refractivity contribution in [2.45, 2.75) is 75.2 Å². The number of hydrogen-bond acceptors (Lipinski definition) is 12. The summed E-state index contributed by atoms with van der Waals surface area (Å²) in [7, 11) is -6.70. The van der Waals surface area contributed by atoms with Gasteiger partial charge >= 0.3 is 0 Å². The molecule has 2 amide bonds. The molecule has 0 radical (unpaired) electrons. The van der Waals surface area contributed by atoms with Crippen LogP contribution < -0.4 is 30.5 Å². The number of sulfonamides is 2. The Labute approximate surface area is 342 Å². The first-order valence-electron chi connectivity index (χ1n) is 18.0. The molecule has 0 spiro atoms. The number of thiazole rings is 1. The van der Waals surface area contributed by atoms with E-state index in [0.717, 1.165) is 11.3 Å². The number of benzene rings is 3. The van der Waals surface area contributed by atoms with Crippen molar-refractivity contribution in [3.8, 4) is 11.8 Å². The van der Waals surface area contributed by atoms with E-state index in [9.17, 15) is 36.5 Å². The summed E-state index contributed by atoms with van der Waals surface area (Å²) in [5.41, 5.74) is 8.68. The molecule has 0 saturated carbocycles. The van der Waals surface area contributed by atoms with Gasteiger partial charge in [-0.05, 0) is 73.9 Å². The number of aryl methyl sites for hydroxylation is 1. The number of Topliss-reactive ketones (excluding diaryl/α,β-unsaturated/α-hetero) is 1. The number of nitrogens with zero attached hydrogens (tertiary/aromatic N) is 3. The molecular weight excluding hydrogens is 805 g/mol. The van der Waals surface area contributed by atoms with Gasteiger partial charge in [-0.15, -0.1) is 11.3 Å². The van der Waals surface area contributed by atoms with Crippen LogP contribution in [0.2, 0.25) is 0 Å². The van der Waals surface area contributed by atoms with Crippen LogP contribution in [-0.2, 0) is 41.8 Å². The van der Waals surface area contributed by atoms with E-state index in [2.05, 4.69) is 30.1 Å². The van der Waals surface area contributed by atoms with Crippen molar-refractivity contribution in [3.63, 3.8) is 0 Å². The molecule has 4 aromatic rings. The standard InChI is InChI=1S/C39H46N8O8S3/c1-25-22-33(55-4)26(2)27(3)35(25)58(53,54)47-39(41)43-19-11-16-30(34(48)38-42-20-21-56-38)44-36(49)31(17-18-40)45-37(50)32(23-28-12-7-5-8-13-28)46-57(51,52)24-29-14-9-6-10-15-29/h5-10,12-15,20-22,30-32,46H,11,16-17,19,23-24H2,1-4H3,(H,44,49)(H,45,50)(H3,41,43,47)/t30-,31-,32+/m0/s1. The van der Waals surface area contributed by atoms with Crippen LogP contribution in [0, 0.1) is 32.1 Å². The van der Waals surface area contributed by atoms with Gasteiger partial charge in [0.05, 0.1) is 36.3 Å². The quantitative estimate of drug-likeness (QED) is 0.0374. The number of nitrogens with two attached hydrogens (primary N) is 1. The van der Waals surface area contributed by atoms with Crippen LogP contribution in [0.4, 0.5) is 0 Å². The predicted octanol–water partition coefficient (Wildman–Crippen LogP) is 2.95. The number of amides is 2. The number of ether oxygens (including phenoxy) is 1. The van der Waals surface area contributed by atoms with Crippen molar-refractivity contribution in [2.24, 2.45) is 10.7 Å². The van der Waals surface area contributed by atoms with Gasteiger partial charge in [0.25, 0.3) is 10.0 Å². The van der Waals surface area contributed by atoms with E-state index in [4.69, 9.17) is 10.5 Å². The van der Waals surface area contributed by atoms with Crippen molar-refractivity contribution in [1.29, 1.82) is 5.26 Å². The Hall–Kier alpha value is -5.68. The average molecular weight is 851 g/mol. The summed E-state index contributed by atoms with van der Waals surface area (Å²) in [5.74, 6) is -2.52. The summed E-state index contributed by atoms with van der Waals surface area (Å²) < 4.78 is 63.1. The number of guanidine groups is 1. The van der Waals surface area contributed by atoms with Crippen LogP contribution in [0.15, 0.2) is 88.2 Å². The molecule has 1 aromatic heterocycles. The Morgan fingerprint density at radius 2 is 1.53 bits per heavy atom. The molecule has 0 aliphatic carbocycles. The maximum atomic E-state index is 13.7. The third kappa shape index (κ3) is 12.7. The monoisotopic (exact) mass is 850 g/mol. The molecule has 19 heteroatoms. The fraction of sp³-hybridized carbons (Fsp3) is 0.333. The molecule has 58 heavy (non-hydrogen) atoms. The van der Waals surface area contributed by atoms with E-state index in [-0.39, 0.29) is 41.7 Å². The first-order chi connectivity index (χ1) is 27.5. The topological polar surface area (TPSA) is 252 Å². The summed E-state index contributed by atoms with van der Waals surface area (Å²) >= 11 is 1.05. The number of rotatable bonds is 20. The van der Waals surface area contributed by atoms with E-state index < -0.39 is 67.9 Å². The van der Waals surface area contributed by atoms with Crippen LogP contribution in [0.1, 0.15) is 56.9 Å². The van der Waals surface area contributed by atoms with Crippen molar-refractivity contribution in [1.82, 2.24) is 25.1 Å². The number of nitrogens with one attached hydrogen (secondary N) is 4. The number of nitriles is 1. The molecule has 0 bridgehead atoms. The van der Waals surface area contributed by atoms with E-state index in [1.54, 1.807) is 92.9 Å². The molecule has 3 aromatic carbocycles. The molecule has 0 fully saturated rings. The van der Waals surface area contributed by atoms with Gasteiger partial charge in [0.2, 0.25) is 33.6 Å². The van der Waals surface area contributed by atoms with Gasteiger partial charge < -0.3 is 21.1 Å². The Morgan fingerprint density at radius 3 is 2.14 bits per heavy atom. The second-order valence-electron chi connectivity index (χ2n) is 13.3. The van der Waals surface area contributed by atoms with Crippen LogP contribution in [0.25, 0.3) is 0 Å². The molecular formula is C39H46N8O8S3. The number of aliphatic imine (C=N–C) groups is 1. The Bertz CT molecular complexity index is 2350. The van der Waals surface area contributed by atoms with Gasteiger partial charge in [-0.1, -0.05) is 60.7 Å². The van der Waals surface area contributed by atoms with Crippen molar-refractivity contribution in [2.75, 3.05) is 13.7 Å². The SMILES string of the molecule is COc1cc(C)c(S(=O)(=O)NC(N)=NCCC[C@H](NC(=O)[C@H](CC#N)NC(=O)[C@@H](Cc2ccccc2)NS(=O)(=O)Cc2ccccc2)C(=O)c2nccs2)c(C)c1C. The zero-order chi connectivity index (χ0) is 42.5. The average Bonchev–Trinajstić information content (AvgIpc) is 3.72. The number of carbonyl (C=O) groups excluding carboxylic acids is 3. The van der Waals surface area contributed by atoms with Gasteiger partial charge in [-0.25, -0.2) is 31.3 Å². The lowest BCUT2D eigenvalue weighted by Crippen LogP contribution is -2.56. The normalized spacial score (nSPS) is 13.4. The number of ketones is 1. The van der Waals surface area contributed by atoms with E-state index in [0.29, 0.717) is 33.6 Å². The van der Waals surface area contributed by atoms with E-state index in [1.165, 1.54) is 13.3 Å². The first kappa shape index (κ1) is 45.0. The van der Waals surface area contributed by atoms with Crippen LogP contribution in [0.3, 0.4) is 0 Å². The molecule has 1 heterocycles. The minimum absolute atomic E-state index is 0.00723. The van der Waals surface area contributed by atoms with Crippen molar-refractivity contribution in [3.05, 3.63) is 111 Å². The van der Waals surface area contributed by atoms with Crippen LogP contribution in [-0.4, -0.2) is 77.2 Å². The molecule has 4 rings (SSSR count). The van der Waals surface area contributed by atoms with Gasteiger partial charge in [-0.3, -0.25) is 19.4 Å². The molecule has 308 valence electrons. The highest BCUT2D eigenvalue weighted by Crippen LogP contribution is 2.30. The Kier molecular flexibility index (Phi) is 16.0. The molecule has 0 aliphatic rings. The lowest BCUT2D eigenvalue weighted by Gasteiger charge is -2.24. The third-order valence-corrected chi connectivity index (χ3v) is 12.8. The highest BCUT2D eigenvalue weighted by Gasteiger charge is 2.32. The highest BCUT2D eigenvalue weighted by molar-refractivity contribution is 7.90. The van der Waals surface area contributed by atoms with E-state index in [1.807, 2.05) is 6.07 Å². The Morgan fingerprint density at radius 1 is 0.914 bits per heavy atom. The maximum absolute atomic E-state index is 13.7. The van der Waals surface area contributed by atoms with E-state index >= 15 is 0 Å². The molecule has 0 aliphatic heterocycles.